The zero-order valence-corrected chi connectivity index (χ0v) is 13.7. The summed E-state index contributed by atoms with van der Waals surface area (Å²) in [6.07, 6.45) is 0.951. The lowest BCUT2D eigenvalue weighted by Crippen LogP contribution is -2.27. The van der Waals surface area contributed by atoms with Crippen LogP contribution in [-0.4, -0.2) is 27.4 Å². The number of benzene rings is 2. The second-order valence-electron chi connectivity index (χ2n) is 5.63. The molecule has 1 aliphatic rings. The van der Waals surface area contributed by atoms with Gasteiger partial charge in [-0.3, -0.25) is 0 Å². The number of hydrogen-bond donors (Lipinski definition) is 1. The van der Waals surface area contributed by atoms with E-state index in [0.717, 1.165) is 37.6 Å². The molecule has 1 N–H and O–H groups in total. The maximum Gasteiger partial charge on any atom is 0.161 e. The number of hydrogen-bond acceptors (Lipinski definition) is 4. The smallest absolute Gasteiger partial charge is 0.161 e. The summed E-state index contributed by atoms with van der Waals surface area (Å²) >= 11 is 0. The minimum absolute atomic E-state index is 0.0438. The van der Waals surface area contributed by atoms with Crippen LogP contribution >= 0.6 is 0 Å². The molecule has 122 valence electrons. The Morgan fingerprint density at radius 3 is 2.57 bits per heavy atom. The summed E-state index contributed by atoms with van der Waals surface area (Å²) < 4.78 is 16.8. The van der Waals surface area contributed by atoms with Crippen molar-refractivity contribution in [3.05, 3.63) is 59.2 Å². The van der Waals surface area contributed by atoms with E-state index in [1.54, 1.807) is 14.2 Å². The highest BCUT2D eigenvalue weighted by Gasteiger charge is 2.23. The molecule has 2 aromatic rings. The third kappa shape index (κ3) is 3.66. The summed E-state index contributed by atoms with van der Waals surface area (Å²) in [7, 11) is 3.33. The van der Waals surface area contributed by atoms with Gasteiger partial charge in [-0.1, -0.05) is 30.3 Å². The highest BCUT2D eigenvalue weighted by Crippen LogP contribution is 2.36. The Labute approximate surface area is 137 Å². The van der Waals surface area contributed by atoms with Crippen LogP contribution < -0.4 is 14.8 Å². The second kappa shape index (κ2) is 7.49. The summed E-state index contributed by atoms with van der Waals surface area (Å²) in [4.78, 5) is 0. The summed E-state index contributed by atoms with van der Waals surface area (Å²) in [6, 6.07) is 14.5. The van der Waals surface area contributed by atoms with E-state index in [1.165, 1.54) is 16.7 Å². The molecule has 3 rings (SSSR count). The average molecular weight is 313 g/mol. The quantitative estimate of drug-likeness (QED) is 0.889. The molecule has 1 atom stereocenters. The van der Waals surface area contributed by atoms with Gasteiger partial charge in [0, 0.05) is 13.1 Å². The Bertz CT molecular complexity index is 643. The molecule has 4 nitrogen and oxygen atoms in total. The van der Waals surface area contributed by atoms with Crippen LogP contribution in [0.15, 0.2) is 42.5 Å². The van der Waals surface area contributed by atoms with Gasteiger partial charge in [0.1, 0.15) is 0 Å². The van der Waals surface area contributed by atoms with Crippen molar-refractivity contribution in [2.45, 2.75) is 19.1 Å². The number of rotatable bonds is 6. The number of methoxy groups -OCH3 is 2. The van der Waals surface area contributed by atoms with E-state index in [0.29, 0.717) is 0 Å². The minimum Gasteiger partial charge on any atom is -0.493 e. The second-order valence-corrected chi connectivity index (χ2v) is 5.63. The van der Waals surface area contributed by atoms with Crippen molar-refractivity contribution in [3.63, 3.8) is 0 Å². The van der Waals surface area contributed by atoms with Crippen LogP contribution in [0.3, 0.4) is 0 Å². The number of nitrogens with one attached hydrogen (secondary N) is 1. The minimum atomic E-state index is 0.0438. The molecule has 0 fully saturated rings. The largest absolute Gasteiger partial charge is 0.493 e. The molecule has 0 amide bonds. The molecule has 23 heavy (non-hydrogen) atoms. The lowest BCUT2D eigenvalue weighted by atomic mass is 9.96. The first-order chi connectivity index (χ1) is 11.3. The van der Waals surface area contributed by atoms with E-state index in [9.17, 15) is 0 Å². The van der Waals surface area contributed by atoms with Crippen molar-refractivity contribution in [3.8, 4) is 11.5 Å². The third-order valence-electron chi connectivity index (χ3n) is 4.18. The SMILES string of the molecule is COc1cc2c(cc1OC)C(CNCc1ccccc1)OCC2. The maximum absolute atomic E-state index is 5.96. The van der Waals surface area contributed by atoms with Gasteiger partial charge >= 0.3 is 0 Å². The fraction of sp³-hybridized carbons (Fsp3) is 0.368. The van der Waals surface area contributed by atoms with E-state index in [4.69, 9.17) is 14.2 Å². The first kappa shape index (κ1) is 15.8. The van der Waals surface area contributed by atoms with Gasteiger partial charge < -0.3 is 19.5 Å². The highest BCUT2D eigenvalue weighted by molar-refractivity contribution is 5.49. The van der Waals surface area contributed by atoms with Crippen molar-refractivity contribution in [2.75, 3.05) is 27.4 Å². The van der Waals surface area contributed by atoms with Gasteiger partial charge in [0.05, 0.1) is 26.9 Å². The van der Waals surface area contributed by atoms with Crippen molar-refractivity contribution >= 4 is 0 Å². The zero-order chi connectivity index (χ0) is 16.1. The van der Waals surface area contributed by atoms with Crippen LogP contribution in [0.2, 0.25) is 0 Å². The molecule has 1 unspecified atom stereocenters. The van der Waals surface area contributed by atoms with Crippen molar-refractivity contribution < 1.29 is 14.2 Å². The van der Waals surface area contributed by atoms with Gasteiger partial charge in [-0.15, -0.1) is 0 Å². The predicted octanol–water partition coefficient (Wildman–Crippen LogP) is 3.11. The third-order valence-corrected chi connectivity index (χ3v) is 4.18. The van der Waals surface area contributed by atoms with Crippen molar-refractivity contribution in [1.29, 1.82) is 0 Å². The molecular weight excluding hydrogens is 290 g/mol. The molecule has 0 spiro atoms. The van der Waals surface area contributed by atoms with Crippen LogP contribution in [0.4, 0.5) is 0 Å². The molecule has 0 radical (unpaired) electrons. The molecule has 0 aliphatic carbocycles. The highest BCUT2D eigenvalue weighted by atomic mass is 16.5. The van der Waals surface area contributed by atoms with Gasteiger partial charge in [-0.2, -0.15) is 0 Å². The van der Waals surface area contributed by atoms with E-state index in [-0.39, 0.29) is 6.10 Å². The molecule has 0 saturated heterocycles. The number of ether oxygens (including phenoxy) is 3. The summed E-state index contributed by atoms with van der Waals surface area (Å²) in [6.45, 7) is 2.35. The number of fused-ring (bicyclic) bond motifs is 1. The summed E-state index contributed by atoms with van der Waals surface area (Å²) in [5.74, 6) is 1.54. The van der Waals surface area contributed by atoms with Crippen LogP contribution in [-0.2, 0) is 17.7 Å². The van der Waals surface area contributed by atoms with E-state index >= 15 is 0 Å². The molecular formula is C19H23NO3. The Hall–Kier alpha value is -2.04. The van der Waals surface area contributed by atoms with Crippen LogP contribution in [0.1, 0.15) is 22.8 Å². The molecule has 0 aromatic heterocycles. The zero-order valence-electron chi connectivity index (χ0n) is 13.7. The van der Waals surface area contributed by atoms with E-state index in [1.807, 2.05) is 12.1 Å². The molecule has 1 aliphatic heterocycles. The Balaban J connectivity index is 1.70. The topological polar surface area (TPSA) is 39.7 Å². The predicted molar refractivity (Wildman–Crippen MR) is 90.1 cm³/mol. The fourth-order valence-corrected chi connectivity index (χ4v) is 2.97. The van der Waals surface area contributed by atoms with Gasteiger partial charge in [-0.05, 0) is 35.2 Å². The lowest BCUT2D eigenvalue weighted by molar-refractivity contribution is 0.0420. The van der Waals surface area contributed by atoms with E-state index < -0.39 is 0 Å². The molecule has 2 aromatic carbocycles. The average Bonchev–Trinajstić information content (AvgIpc) is 2.61. The van der Waals surface area contributed by atoms with Crippen LogP contribution in [0, 0.1) is 0 Å². The van der Waals surface area contributed by atoms with Gasteiger partial charge in [0.25, 0.3) is 0 Å². The fourth-order valence-electron chi connectivity index (χ4n) is 2.97. The standard InChI is InChI=1S/C19H23NO3/c1-21-17-10-15-8-9-23-19(16(15)11-18(17)22-2)13-20-12-14-6-4-3-5-7-14/h3-7,10-11,19-20H,8-9,12-13H2,1-2H3. The van der Waals surface area contributed by atoms with E-state index in [2.05, 4.69) is 35.6 Å². The Kier molecular flexibility index (Phi) is 5.16. The Morgan fingerprint density at radius 1 is 1.09 bits per heavy atom. The first-order valence-corrected chi connectivity index (χ1v) is 7.93. The molecule has 1 heterocycles. The van der Waals surface area contributed by atoms with Gasteiger partial charge in [0.15, 0.2) is 11.5 Å². The summed E-state index contributed by atoms with van der Waals surface area (Å²) in [5.41, 5.74) is 3.74. The monoisotopic (exact) mass is 313 g/mol. The normalized spacial score (nSPS) is 16.7. The van der Waals surface area contributed by atoms with Crippen LogP contribution in [0.5, 0.6) is 11.5 Å². The first-order valence-electron chi connectivity index (χ1n) is 7.93. The van der Waals surface area contributed by atoms with Gasteiger partial charge in [-0.25, -0.2) is 0 Å². The summed E-state index contributed by atoms with van der Waals surface area (Å²) in [5, 5.41) is 3.48. The van der Waals surface area contributed by atoms with Crippen molar-refractivity contribution in [1.82, 2.24) is 5.32 Å². The maximum atomic E-state index is 5.96. The van der Waals surface area contributed by atoms with Gasteiger partial charge in [0.2, 0.25) is 0 Å². The van der Waals surface area contributed by atoms with Crippen LogP contribution in [0.25, 0.3) is 0 Å². The van der Waals surface area contributed by atoms with Crippen molar-refractivity contribution in [2.24, 2.45) is 0 Å². The lowest BCUT2D eigenvalue weighted by Gasteiger charge is -2.27. The molecule has 0 bridgehead atoms. The molecule has 0 saturated carbocycles. The Morgan fingerprint density at radius 2 is 1.83 bits per heavy atom. The molecule has 4 heteroatoms.